The summed E-state index contributed by atoms with van der Waals surface area (Å²) in [5.41, 5.74) is -7.92. The van der Waals surface area contributed by atoms with Crippen molar-refractivity contribution in [2.45, 2.75) is 111 Å². The topological polar surface area (TPSA) is 52.6 Å². The number of esters is 2. The monoisotopic (exact) mass is 640 g/mol. The Hall–Kier alpha value is -2.42. The van der Waals surface area contributed by atoms with Gasteiger partial charge in [0, 0.05) is 24.0 Å². The number of hydrogen-bond acceptors (Lipinski definition) is 4. The fourth-order valence-electron chi connectivity index (χ4n) is 2.99. The Labute approximate surface area is 236 Å². The van der Waals surface area contributed by atoms with Gasteiger partial charge in [-0.1, -0.05) is 40.9 Å². The summed E-state index contributed by atoms with van der Waals surface area (Å²) in [6.07, 6.45) is -27.5. The van der Waals surface area contributed by atoms with E-state index in [1.54, 1.807) is 13.8 Å². The second-order valence-electron chi connectivity index (χ2n) is 10.4. The summed E-state index contributed by atoms with van der Waals surface area (Å²) in [5.74, 6) is -2.68. The minimum absolute atomic E-state index is 0.00799. The molecule has 4 nitrogen and oxygen atoms in total. The predicted octanol–water partition coefficient (Wildman–Crippen LogP) is 9.45. The summed E-state index contributed by atoms with van der Waals surface area (Å²) in [5, 5.41) is 0. The highest BCUT2D eigenvalue weighted by Crippen LogP contribution is 2.54. The molecular formula is C26H36F12O4. The number of alkyl halides is 12. The fraction of sp³-hybridized carbons (Fsp3) is 0.769. The lowest BCUT2D eigenvalue weighted by Crippen LogP contribution is -2.50. The summed E-state index contributed by atoms with van der Waals surface area (Å²) in [7, 11) is 0. The smallest absolute Gasteiger partial charge is 0.403 e. The van der Waals surface area contributed by atoms with Crippen LogP contribution >= 0.6 is 0 Å². The summed E-state index contributed by atoms with van der Waals surface area (Å²) in [6, 6.07) is 0. The largest absolute Gasteiger partial charge is 0.459 e. The van der Waals surface area contributed by atoms with Crippen LogP contribution in [0, 0.1) is 16.7 Å². The highest BCUT2D eigenvalue weighted by Gasteiger charge is 2.69. The van der Waals surface area contributed by atoms with Crippen LogP contribution < -0.4 is 0 Å². The van der Waals surface area contributed by atoms with Crippen LogP contribution in [0.3, 0.4) is 0 Å². The Morgan fingerprint density at radius 1 is 0.595 bits per heavy atom. The van der Waals surface area contributed by atoms with Crippen molar-refractivity contribution in [2.75, 3.05) is 0 Å². The van der Waals surface area contributed by atoms with Gasteiger partial charge in [0.2, 0.25) is 0 Å². The van der Waals surface area contributed by atoms with Crippen molar-refractivity contribution in [2.24, 2.45) is 16.7 Å². The molecule has 2 unspecified atom stereocenters. The van der Waals surface area contributed by atoms with Crippen LogP contribution in [0.1, 0.15) is 74.1 Å². The number of ether oxygens (including phenoxy) is 2. The lowest BCUT2D eigenvalue weighted by molar-refractivity contribution is -0.342. The molecule has 0 aliphatic heterocycles. The maximum Gasteiger partial charge on any atom is 0.403 e. The summed E-state index contributed by atoms with van der Waals surface area (Å²) >= 11 is 0. The Morgan fingerprint density at radius 3 is 1.14 bits per heavy atom. The molecule has 0 heterocycles. The second kappa shape index (κ2) is 14.8. The second-order valence-corrected chi connectivity index (χ2v) is 10.4. The van der Waals surface area contributed by atoms with Crippen LogP contribution in [0.2, 0.25) is 0 Å². The van der Waals surface area contributed by atoms with Crippen molar-refractivity contribution in [1.82, 2.24) is 0 Å². The molecule has 0 spiro atoms. The SMILES string of the molecule is C=C(CC)C(=O)OC(C)CC(C)(C(F)(F)F)C(F)(F)F.C=C(CC)C(=O)OC(CC(C)(C(F)(F)F)C(F)(F)F)C(C)C. The highest BCUT2D eigenvalue weighted by molar-refractivity contribution is 5.88. The van der Waals surface area contributed by atoms with Crippen molar-refractivity contribution < 1.29 is 71.7 Å². The average molecular weight is 641 g/mol. The van der Waals surface area contributed by atoms with Gasteiger partial charge in [0.05, 0.1) is 0 Å². The third-order valence-corrected chi connectivity index (χ3v) is 6.55. The third-order valence-electron chi connectivity index (χ3n) is 6.55. The molecule has 248 valence electrons. The summed E-state index contributed by atoms with van der Waals surface area (Å²) < 4.78 is 163. The van der Waals surface area contributed by atoms with E-state index in [1.807, 2.05) is 0 Å². The van der Waals surface area contributed by atoms with Crippen LogP contribution in [0.15, 0.2) is 24.3 Å². The zero-order valence-corrected chi connectivity index (χ0v) is 24.1. The van der Waals surface area contributed by atoms with E-state index in [9.17, 15) is 62.3 Å². The maximum absolute atomic E-state index is 12.9. The molecular weight excluding hydrogens is 604 g/mol. The Balaban J connectivity index is 0. The molecule has 0 saturated heterocycles. The normalized spacial score (nSPS) is 14.9. The molecule has 0 bridgehead atoms. The Bertz CT molecular complexity index is 900. The van der Waals surface area contributed by atoms with Gasteiger partial charge in [0.15, 0.2) is 10.8 Å². The van der Waals surface area contributed by atoms with Crippen LogP contribution in [-0.2, 0) is 19.1 Å². The van der Waals surface area contributed by atoms with E-state index in [-0.39, 0.29) is 37.8 Å². The van der Waals surface area contributed by atoms with E-state index < -0.39 is 78.4 Å². The molecule has 0 aromatic heterocycles. The first kappa shape index (κ1) is 41.7. The Morgan fingerprint density at radius 2 is 0.881 bits per heavy atom. The first-order valence-electron chi connectivity index (χ1n) is 12.5. The number of rotatable bonds is 11. The van der Waals surface area contributed by atoms with E-state index in [1.165, 1.54) is 13.8 Å². The zero-order valence-electron chi connectivity index (χ0n) is 24.1. The zero-order chi connectivity index (χ0) is 34.3. The molecule has 0 amide bonds. The van der Waals surface area contributed by atoms with Crippen LogP contribution in [0.5, 0.6) is 0 Å². The first-order chi connectivity index (χ1) is 18.4. The molecule has 0 N–H and O–H groups in total. The van der Waals surface area contributed by atoms with E-state index in [2.05, 4.69) is 17.9 Å². The van der Waals surface area contributed by atoms with Crippen molar-refractivity contribution in [3.05, 3.63) is 24.3 Å². The van der Waals surface area contributed by atoms with Gasteiger partial charge in [-0.05, 0) is 39.5 Å². The molecule has 2 atom stereocenters. The molecule has 0 rings (SSSR count). The Kier molecular flexibility index (Phi) is 14.7. The molecule has 0 aromatic carbocycles. The molecule has 0 aromatic rings. The molecule has 0 fully saturated rings. The van der Waals surface area contributed by atoms with Gasteiger partial charge in [-0.2, -0.15) is 52.7 Å². The average Bonchev–Trinajstić information content (AvgIpc) is 2.79. The number of hydrogen-bond donors (Lipinski definition) is 0. The molecule has 16 heteroatoms. The van der Waals surface area contributed by atoms with Crippen molar-refractivity contribution in [1.29, 1.82) is 0 Å². The molecule has 42 heavy (non-hydrogen) atoms. The number of carbonyl (C=O) groups is 2. The lowest BCUT2D eigenvalue weighted by Gasteiger charge is -2.37. The van der Waals surface area contributed by atoms with Crippen molar-refractivity contribution >= 4 is 11.9 Å². The fourth-order valence-corrected chi connectivity index (χ4v) is 2.99. The first-order valence-corrected chi connectivity index (χ1v) is 12.5. The van der Waals surface area contributed by atoms with Gasteiger partial charge in [0.25, 0.3) is 0 Å². The number of carbonyl (C=O) groups excluding carboxylic acids is 2. The van der Waals surface area contributed by atoms with Crippen molar-refractivity contribution in [3.8, 4) is 0 Å². The highest BCUT2D eigenvalue weighted by atomic mass is 19.4. The lowest BCUT2D eigenvalue weighted by atomic mass is 9.80. The minimum Gasteiger partial charge on any atom is -0.459 e. The van der Waals surface area contributed by atoms with Gasteiger partial charge >= 0.3 is 36.6 Å². The van der Waals surface area contributed by atoms with Crippen LogP contribution in [0.4, 0.5) is 52.7 Å². The van der Waals surface area contributed by atoms with Gasteiger partial charge in [0.1, 0.15) is 12.2 Å². The maximum atomic E-state index is 12.9. The molecule has 0 radical (unpaired) electrons. The van der Waals surface area contributed by atoms with E-state index in [0.29, 0.717) is 0 Å². The summed E-state index contributed by atoms with van der Waals surface area (Å²) in [6.45, 7) is 13.7. The van der Waals surface area contributed by atoms with E-state index in [4.69, 9.17) is 4.74 Å². The van der Waals surface area contributed by atoms with Crippen LogP contribution in [-0.4, -0.2) is 48.9 Å². The van der Waals surface area contributed by atoms with Gasteiger partial charge < -0.3 is 9.47 Å². The summed E-state index contributed by atoms with van der Waals surface area (Å²) in [4.78, 5) is 22.9. The minimum atomic E-state index is -5.51. The van der Waals surface area contributed by atoms with Gasteiger partial charge in [-0.25, -0.2) is 9.59 Å². The molecule has 0 aliphatic carbocycles. The van der Waals surface area contributed by atoms with E-state index >= 15 is 0 Å². The quantitative estimate of drug-likeness (QED) is 0.128. The standard InChI is InChI=1S/C14H20F6O2.C12H16F6O2/c1-6-9(4)11(21)22-10(8(2)3)7-12(5,13(15,16)17)14(18,19)20;1-5-7(2)9(19)20-8(3)6-10(4,11(13,14)15)12(16,17)18/h8,10H,4,6-7H2,1-3,5H3;8H,2,5-6H2,1,3-4H3. The van der Waals surface area contributed by atoms with Crippen LogP contribution in [0.25, 0.3) is 0 Å². The van der Waals surface area contributed by atoms with Crippen molar-refractivity contribution in [3.63, 3.8) is 0 Å². The van der Waals surface area contributed by atoms with Gasteiger partial charge in [-0.3, -0.25) is 0 Å². The van der Waals surface area contributed by atoms with E-state index in [0.717, 1.165) is 6.92 Å². The number of halogens is 12. The van der Waals surface area contributed by atoms with Gasteiger partial charge in [-0.15, -0.1) is 0 Å². The molecule has 0 saturated carbocycles. The third kappa shape index (κ3) is 11.0. The predicted molar refractivity (Wildman–Crippen MR) is 129 cm³/mol. The molecule has 0 aliphatic rings.